The van der Waals surface area contributed by atoms with Crippen molar-refractivity contribution < 1.29 is 5.11 Å². The van der Waals surface area contributed by atoms with Gasteiger partial charge in [-0.05, 0) is 32.2 Å². The smallest absolute Gasteiger partial charge is 0.120 e. The van der Waals surface area contributed by atoms with Crippen LogP contribution in [0.2, 0.25) is 5.02 Å². The molecular formula is C9H12ClNO. The number of phenols is 1. The number of hydrogen-bond donors (Lipinski definition) is 2. The standard InChI is InChI=1S/C9H12ClNO/c1-6(11-2)8-5-7(10)3-4-9(8)12/h3-6,11-12H,1-2H3. The second kappa shape index (κ2) is 3.78. The Morgan fingerprint density at radius 1 is 1.50 bits per heavy atom. The lowest BCUT2D eigenvalue weighted by atomic mass is 10.1. The van der Waals surface area contributed by atoms with Crippen LogP contribution in [-0.4, -0.2) is 12.2 Å². The molecule has 0 heterocycles. The maximum Gasteiger partial charge on any atom is 0.120 e. The highest BCUT2D eigenvalue weighted by Crippen LogP contribution is 2.26. The van der Waals surface area contributed by atoms with Crippen LogP contribution in [-0.2, 0) is 0 Å². The molecule has 1 unspecified atom stereocenters. The Morgan fingerprint density at radius 3 is 2.75 bits per heavy atom. The topological polar surface area (TPSA) is 32.3 Å². The van der Waals surface area contributed by atoms with Crippen molar-refractivity contribution in [2.45, 2.75) is 13.0 Å². The summed E-state index contributed by atoms with van der Waals surface area (Å²) in [5, 5.41) is 13.1. The Morgan fingerprint density at radius 2 is 2.17 bits per heavy atom. The molecular weight excluding hydrogens is 174 g/mol. The number of rotatable bonds is 2. The fourth-order valence-electron chi connectivity index (χ4n) is 1.03. The SMILES string of the molecule is CNC(C)c1cc(Cl)ccc1O. The Bertz CT molecular complexity index is 275. The van der Waals surface area contributed by atoms with E-state index in [1.165, 1.54) is 0 Å². The second-order valence-corrected chi connectivity index (χ2v) is 3.15. The average Bonchev–Trinajstić information content (AvgIpc) is 2.08. The van der Waals surface area contributed by atoms with Gasteiger partial charge in [0, 0.05) is 16.6 Å². The predicted molar refractivity (Wildman–Crippen MR) is 50.6 cm³/mol. The van der Waals surface area contributed by atoms with Gasteiger partial charge in [-0.1, -0.05) is 11.6 Å². The van der Waals surface area contributed by atoms with Crippen LogP contribution >= 0.6 is 11.6 Å². The molecule has 0 bridgehead atoms. The Labute approximate surface area is 77.2 Å². The fraction of sp³-hybridized carbons (Fsp3) is 0.333. The molecule has 2 nitrogen and oxygen atoms in total. The summed E-state index contributed by atoms with van der Waals surface area (Å²) < 4.78 is 0. The van der Waals surface area contributed by atoms with Gasteiger partial charge in [0.05, 0.1) is 0 Å². The molecule has 0 aliphatic heterocycles. The van der Waals surface area contributed by atoms with E-state index in [4.69, 9.17) is 11.6 Å². The molecule has 0 aliphatic rings. The highest BCUT2D eigenvalue weighted by atomic mass is 35.5. The van der Waals surface area contributed by atoms with E-state index >= 15 is 0 Å². The quantitative estimate of drug-likeness (QED) is 0.741. The molecule has 0 fully saturated rings. The van der Waals surface area contributed by atoms with E-state index in [1.807, 2.05) is 14.0 Å². The molecule has 1 rings (SSSR count). The van der Waals surface area contributed by atoms with Gasteiger partial charge >= 0.3 is 0 Å². The highest BCUT2D eigenvalue weighted by Gasteiger charge is 2.07. The van der Waals surface area contributed by atoms with Crippen molar-refractivity contribution in [3.05, 3.63) is 28.8 Å². The van der Waals surface area contributed by atoms with Crippen molar-refractivity contribution >= 4 is 11.6 Å². The molecule has 3 heteroatoms. The van der Waals surface area contributed by atoms with Gasteiger partial charge in [0.25, 0.3) is 0 Å². The van der Waals surface area contributed by atoms with Crippen LogP contribution in [0.3, 0.4) is 0 Å². The van der Waals surface area contributed by atoms with Gasteiger partial charge in [-0.2, -0.15) is 0 Å². The number of phenolic OH excluding ortho intramolecular Hbond substituents is 1. The maximum atomic E-state index is 9.44. The van der Waals surface area contributed by atoms with Gasteiger partial charge in [0.15, 0.2) is 0 Å². The summed E-state index contributed by atoms with van der Waals surface area (Å²) >= 11 is 5.78. The number of hydrogen-bond acceptors (Lipinski definition) is 2. The van der Waals surface area contributed by atoms with Crippen LogP contribution in [0.4, 0.5) is 0 Å². The highest BCUT2D eigenvalue weighted by molar-refractivity contribution is 6.30. The predicted octanol–water partition coefficient (Wildman–Crippen LogP) is 2.33. The first-order chi connectivity index (χ1) is 5.65. The van der Waals surface area contributed by atoms with E-state index in [-0.39, 0.29) is 11.8 Å². The third kappa shape index (κ3) is 1.90. The van der Waals surface area contributed by atoms with Crippen molar-refractivity contribution in [2.24, 2.45) is 0 Å². The third-order valence-electron chi connectivity index (χ3n) is 1.89. The summed E-state index contributed by atoms with van der Waals surface area (Å²) in [6.45, 7) is 1.96. The van der Waals surface area contributed by atoms with Crippen LogP contribution in [0.15, 0.2) is 18.2 Å². The third-order valence-corrected chi connectivity index (χ3v) is 2.12. The van der Waals surface area contributed by atoms with Crippen LogP contribution in [0.1, 0.15) is 18.5 Å². The average molecular weight is 186 g/mol. The van der Waals surface area contributed by atoms with E-state index < -0.39 is 0 Å². The zero-order chi connectivity index (χ0) is 9.14. The molecule has 12 heavy (non-hydrogen) atoms. The second-order valence-electron chi connectivity index (χ2n) is 2.71. The molecule has 0 saturated heterocycles. The van der Waals surface area contributed by atoms with Gasteiger partial charge in [0.2, 0.25) is 0 Å². The number of nitrogens with one attached hydrogen (secondary N) is 1. The zero-order valence-corrected chi connectivity index (χ0v) is 7.89. The first kappa shape index (κ1) is 9.36. The molecule has 1 aromatic rings. The molecule has 0 saturated carbocycles. The van der Waals surface area contributed by atoms with E-state index in [0.717, 1.165) is 5.56 Å². The molecule has 66 valence electrons. The molecule has 0 radical (unpaired) electrons. The summed E-state index contributed by atoms with van der Waals surface area (Å²) in [7, 11) is 1.84. The van der Waals surface area contributed by atoms with Crippen molar-refractivity contribution in [3.8, 4) is 5.75 Å². The van der Waals surface area contributed by atoms with Crippen molar-refractivity contribution in [3.63, 3.8) is 0 Å². The maximum absolute atomic E-state index is 9.44. The van der Waals surface area contributed by atoms with Gasteiger partial charge in [-0.15, -0.1) is 0 Å². The molecule has 1 aromatic carbocycles. The van der Waals surface area contributed by atoms with Crippen molar-refractivity contribution in [1.29, 1.82) is 0 Å². The van der Waals surface area contributed by atoms with Crippen molar-refractivity contribution in [2.75, 3.05) is 7.05 Å². The first-order valence-electron chi connectivity index (χ1n) is 3.81. The molecule has 0 spiro atoms. The summed E-state index contributed by atoms with van der Waals surface area (Å²) in [5.74, 6) is 0.279. The lowest BCUT2D eigenvalue weighted by molar-refractivity contribution is 0.458. The Balaban J connectivity index is 3.04. The van der Waals surface area contributed by atoms with Gasteiger partial charge in [0.1, 0.15) is 5.75 Å². The summed E-state index contributed by atoms with van der Waals surface area (Å²) in [5.41, 5.74) is 0.824. The minimum absolute atomic E-state index is 0.115. The molecule has 1 atom stereocenters. The number of benzene rings is 1. The zero-order valence-electron chi connectivity index (χ0n) is 7.13. The summed E-state index contributed by atoms with van der Waals surface area (Å²) in [4.78, 5) is 0. The Hall–Kier alpha value is -0.730. The lowest BCUT2D eigenvalue weighted by Gasteiger charge is -2.12. The molecule has 0 aromatic heterocycles. The van der Waals surface area contributed by atoms with E-state index in [9.17, 15) is 5.11 Å². The molecule has 0 amide bonds. The van der Waals surface area contributed by atoms with Gasteiger partial charge < -0.3 is 10.4 Å². The van der Waals surface area contributed by atoms with Crippen LogP contribution in [0.5, 0.6) is 5.75 Å². The monoisotopic (exact) mass is 185 g/mol. The van der Waals surface area contributed by atoms with E-state index in [0.29, 0.717) is 5.02 Å². The Kier molecular flexibility index (Phi) is 2.95. The summed E-state index contributed by atoms with van der Waals surface area (Å²) in [6.07, 6.45) is 0. The van der Waals surface area contributed by atoms with E-state index in [2.05, 4.69) is 5.32 Å². The van der Waals surface area contributed by atoms with Crippen molar-refractivity contribution in [1.82, 2.24) is 5.32 Å². The minimum Gasteiger partial charge on any atom is -0.508 e. The van der Waals surface area contributed by atoms with Gasteiger partial charge in [-0.25, -0.2) is 0 Å². The number of aromatic hydroxyl groups is 1. The first-order valence-corrected chi connectivity index (χ1v) is 4.18. The molecule has 0 aliphatic carbocycles. The number of halogens is 1. The van der Waals surface area contributed by atoms with E-state index in [1.54, 1.807) is 18.2 Å². The minimum atomic E-state index is 0.115. The molecule has 2 N–H and O–H groups in total. The normalized spacial score (nSPS) is 12.9. The summed E-state index contributed by atoms with van der Waals surface area (Å²) in [6, 6.07) is 5.15. The van der Waals surface area contributed by atoms with Gasteiger partial charge in [-0.3, -0.25) is 0 Å². The lowest BCUT2D eigenvalue weighted by Crippen LogP contribution is -2.12. The largest absolute Gasteiger partial charge is 0.508 e. The van der Waals surface area contributed by atoms with Crippen LogP contribution < -0.4 is 5.32 Å². The van der Waals surface area contributed by atoms with Crippen LogP contribution in [0.25, 0.3) is 0 Å². The van der Waals surface area contributed by atoms with Crippen LogP contribution in [0, 0.1) is 0 Å². The fourth-order valence-corrected chi connectivity index (χ4v) is 1.21.